The highest BCUT2D eigenvalue weighted by molar-refractivity contribution is 6.01. The number of rotatable bonds is 4. The summed E-state index contributed by atoms with van der Waals surface area (Å²) in [6, 6.07) is 6.08. The number of carboxylic acid groups (broad SMARTS) is 1. The molecule has 9 nitrogen and oxygen atoms in total. The minimum absolute atomic E-state index is 0.00160. The van der Waals surface area contributed by atoms with Crippen molar-refractivity contribution in [2.24, 2.45) is 11.8 Å². The van der Waals surface area contributed by atoms with Crippen LogP contribution in [0.4, 0.5) is 0 Å². The standard InChI is InChI=1S/C25H30N4O5/c30-22-8-6-20(23(31)26-22)17-3-7-21-18(13-17)14-29(27-21)19-4-1-15(2-5-19)24(32)28-11-9-16(10-12-28)25(33)34/h3,7,13-16,19-20H,1-2,4-6,8-12H2,(H,33,34)(H,26,30,31)/t15?,19?,20-/m0/s1. The molecule has 3 fully saturated rings. The third-order valence-corrected chi connectivity index (χ3v) is 7.76. The van der Waals surface area contributed by atoms with Crippen LogP contribution in [0.1, 0.15) is 68.9 Å². The lowest BCUT2D eigenvalue weighted by Crippen LogP contribution is -2.43. The number of hydrogen-bond donors (Lipinski definition) is 2. The molecule has 180 valence electrons. The maximum absolute atomic E-state index is 13.0. The predicted molar refractivity (Wildman–Crippen MR) is 123 cm³/mol. The van der Waals surface area contributed by atoms with E-state index in [4.69, 9.17) is 10.2 Å². The Morgan fingerprint density at radius 3 is 2.38 bits per heavy atom. The van der Waals surface area contributed by atoms with Crippen LogP contribution in [0.15, 0.2) is 24.4 Å². The summed E-state index contributed by atoms with van der Waals surface area (Å²) in [4.78, 5) is 49.6. The van der Waals surface area contributed by atoms with Crippen molar-refractivity contribution < 1.29 is 24.3 Å². The fraction of sp³-hybridized carbons (Fsp3) is 0.560. The SMILES string of the molecule is O=C1CC[C@@H](c2ccc3nn(C4CCC(C(=O)N5CCC(C(=O)O)CC5)CC4)cc3c2)C(=O)N1. The molecule has 0 spiro atoms. The number of imide groups is 1. The number of likely N-dealkylation sites (tertiary alicyclic amines) is 1. The Hall–Kier alpha value is -3.23. The molecule has 1 aromatic heterocycles. The maximum atomic E-state index is 13.0. The van der Waals surface area contributed by atoms with Gasteiger partial charge in [-0.3, -0.25) is 29.2 Å². The zero-order valence-corrected chi connectivity index (χ0v) is 19.1. The second kappa shape index (κ2) is 9.19. The van der Waals surface area contributed by atoms with Gasteiger partial charge >= 0.3 is 5.97 Å². The van der Waals surface area contributed by atoms with Crippen LogP contribution in [-0.4, -0.2) is 56.6 Å². The molecule has 9 heteroatoms. The van der Waals surface area contributed by atoms with E-state index in [1.165, 1.54) is 0 Å². The van der Waals surface area contributed by atoms with Crippen LogP contribution < -0.4 is 5.32 Å². The Labute approximate surface area is 197 Å². The van der Waals surface area contributed by atoms with E-state index in [0.29, 0.717) is 38.8 Å². The molecule has 1 aliphatic carbocycles. The zero-order valence-electron chi connectivity index (χ0n) is 19.1. The van der Waals surface area contributed by atoms with E-state index < -0.39 is 5.97 Å². The minimum atomic E-state index is -0.761. The Kier molecular flexibility index (Phi) is 6.10. The molecule has 2 N–H and O–H groups in total. The molecule has 0 bridgehead atoms. The van der Waals surface area contributed by atoms with Gasteiger partial charge in [0.15, 0.2) is 0 Å². The van der Waals surface area contributed by atoms with Crippen LogP contribution >= 0.6 is 0 Å². The first kappa shape index (κ1) is 22.6. The van der Waals surface area contributed by atoms with Crippen molar-refractivity contribution in [1.82, 2.24) is 20.0 Å². The van der Waals surface area contributed by atoms with E-state index in [2.05, 4.69) is 5.32 Å². The summed E-state index contributed by atoms with van der Waals surface area (Å²) in [5.41, 5.74) is 1.77. The van der Waals surface area contributed by atoms with Crippen molar-refractivity contribution in [2.45, 2.75) is 63.3 Å². The van der Waals surface area contributed by atoms with Crippen molar-refractivity contribution in [2.75, 3.05) is 13.1 Å². The van der Waals surface area contributed by atoms with Gasteiger partial charge in [-0.1, -0.05) is 6.07 Å². The Morgan fingerprint density at radius 2 is 1.71 bits per heavy atom. The van der Waals surface area contributed by atoms with Gasteiger partial charge in [0.05, 0.1) is 23.4 Å². The van der Waals surface area contributed by atoms with Gasteiger partial charge in [-0.05, 0) is 62.6 Å². The van der Waals surface area contributed by atoms with Crippen LogP contribution in [-0.2, 0) is 19.2 Å². The number of carbonyl (C=O) groups excluding carboxylic acids is 3. The Balaban J connectivity index is 1.20. The fourth-order valence-corrected chi connectivity index (χ4v) is 5.67. The van der Waals surface area contributed by atoms with Crippen LogP contribution in [0.3, 0.4) is 0 Å². The number of hydrogen-bond acceptors (Lipinski definition) is 5. The number of nitrogens with one attached hydrogen (secondary N) is 1. The van der Waals surface area contributed by atoms with E-state index >= 15 is 0 Å². The van der Waals surface area contributed by atoms with Gasteiger partial charge in [-0.25, -0.2) is 0 Å². The third-order valence-electron chi connectivity index (χ3n) is 7.76. The molecule has 5 rings (SSSR count). The van der Waals surface area contributed by atoms with Crippen molar-refractivity contribution in [3.8, 4) is 0 Å². The van der Waals surface area contributed by atoms with E-state index in [9.17, 15) is 19.2 Å². The monoisotopic (exact) mass is 466 g/mol. The highest BCUT2D eigenvalue weighted by Crippen LogP contribution is 2.35. The van der Waals surface area contributed by atoms with Crippen LogP contribution in [0, 0.1) is 11.8 Å². The van der Waals surface area contributed by atoms with Crippen molar-refractivity contribution in [1.29, 1.82) is 0 Å². The molecular formula is C25H30N4O5. The molecule has 2 aliphatic heterocycles. The average molecular weight is 467 g/mol. The van der Waals surface area contributed by atoms with Gasteiger partial charge < -0.3 is 10.0 Å². The van der Waals surface area contributed by atoms with Gasteiger partial charge in [0.1, 0.15) is 0 Å². The summed E-state index contributed by atoms with van der Waals surface area (Å²) < 4.78 is 2.00. The first-order valence-corrected chi connectivity index (χ1v) is 12.2. The Morgan fingerprint density at radius 1 is 0.971 bits per heavy atom. The molecule has 3 heterocycles. The highest BCUT2D eigenvalue weighted by Gasteiger charge is 2.34. The molecular weight excluding hydrogens is 436 g/mol. The van der Waals surface area contributed by atoms with E-state index in [1.807, 2.05) is 34.0 Å². The van der Waals surface area contributed by atoms with Gasteiger partial charge in [0.25, 0.3) is 0 Å². The van der Waals surface area contributed by atoms with Gasteiger partial charge in [0, 0.05) is 37.0 Å². The maximum Gasteiger partial charge on any atom is 0.306 e. The van der Waals surface area contributed by atoms with Crippen LogP contribution in [0.25, 0.3) is 10.9 Å². The number of piperidine rings is 2. The number of carbonyl (C=O) groups is 4. The molecule has 2 aromatic rings. The van der Waals surface area contributed by atoms with E-state index in [1.54, 1.807) is 0 Å². The lowest BCUT2D eigenvalue weighted by Gasteiger charge is -2.35. The van der Waals surface area contributed by atoms with Crippen molar-refractivity contribution in [3.63, 3.8) is 0 Å². The fourth-order valence-electron chi connectivity index (χ4n) is 5.67. The van der Waals surface area contributed by atoms with Gasteiger partial charge in [-0.15, -0.1) is 0 Å². The number of nitrogens with zero attached hydrogens (tertiary/aromatic N) is 3. The summed E-state index contributed by atoms with van der Waals surface area (Å²) in [6.07, 6.45) is 7.33. The van der Waals surface area contributed by atoms with Crippen LogP contribution in [0.5, 0.6) is 0 Å². The first-order chi connectivity index (χ1) is 16.4. The van der Waals surface area contributed by atoms with Crippen LogP contribution in [0.2, 0.25) is 0 Å². The zero-order chi connectivity index (χ0) is 23.8. The molecule has 2 saturated heterocycles. The summed E-state index contributed by atoms with van der Waals surface area (Å²) in [6.45, 7) is 1.07. The number of amides is 3. The van der Waals surface area contributed by atoms with E-state index in [-0.39, 0.29) is 41.5 Å². The highest BCUT2D eigenvalue weighted by atomic mass is 16.4. The van der Waals surface area contributed by atoms with E-state index in [0.717, 1.165) is 42.1 Å². The quantitative estimate of drug-likeness (QED) is 0.668. The summed E-state index contributed by atoms with van der Waals surface area (Å²) in [7, 11) is 0. The molecule has 3 amide bonds. The largest absolute Gasteiger partial charge is 0.481 e. The summed E-state index contributed by atoms with van der Waals surface area (Å²) in [5, 5.41) is 17.3. The molecule has 1 atom stereocenters. The van der Waals surface area contributed by atoms with Crippen molar-refractivity contribution >= 4 is 34.6 Å². The Bertz CT molecular complexity index is 1130. The molecule has 3 aliphatic rings. The number of aromatic nitrogens is 2. The second-order valence-corrected chi connectivity index (χ2v) is 9.87. The average Bonchev–Trinajstić information content (AvgIpc) is 3.27. The smallest absolute Gasteiger partial charge is 0.306 e. The minimum Gasteiger partial charge on any atom is -0.481 e. The molecule has 0 radical (unpaired) electrons. The second-order valence-electron chi connectivity index (χ2n) is 9.87. The molecule has 1 aromatic carbocycles. The lowest BCUT2D eigenvalue weighted by molar-refractivity contribution is -0.147. The summed E-state index contributed by atoms with van der Waals surface area (Å²) in [5.74, 6) is -1.68. The third kappa shape index (κ3) is 4.43. The number of fused-ring (bicyclic) bond motifs is 1. The van der Waals surface area contributed by atoms with Gasteiger partial charge in [-0.2, -0.15) is 5.10 Å². The summed E-state index contributed by atoms with van der Waals surface area (Å²) >= 11 is 0. The van der Waals surface area contributed by atoms with Gasteiger partial charge in [0.2, 0.25) is 17.7 Å². The molecule has 1 saturated carbocycles. The van der Waals surface area contributed by atoms with Crippen molar-refractivity contribution in [3.05, 3.63) is 30.0 Å². The molecule has 34 heavy (non-hydrogen) atoms. The first-order valence-electron chi connectivity index (χ1n) is 12.2. The predicted octanol–water partition coefficient (Wildman–Crippen LogP) is 2.61. The number of aliphatic carboxylic acids is 1. The topological polar surface area (TPSA) is 122 Å². The number of benzene rings is 1. The normalized spacial score (nSPS) is 26.5. The molecule has 0 unspecified atom stereocenters. The lowest BCUT2D eigenvalue weighted by atomic mass is 9.84. The number of carboxylic acids is 1.